The zero-order chi connectivity index (χ0) is 13.7. The third-order valence-corrected chi connectivity index (χ3v) is 3.36. The molecule has 0 fully saturated rings. The van der Waals surface area contributed by atoms with Crippen LogP contribution in [0.15, 0.2) is 29.6 Å². The number of aryl methyl sites for hydroxylation is 1. The van der Waals surface area contributed by atoms with E-state index in [0.29, 0.717) is 18.7 Å². The zero-order valence-electron chi connectivity index (χ0n) is 11.0. The van der Waals surface area contributed by atoms with Crippen molar-refractivity contribution in [2.75, 3.05) is 11.9 Å². The van der Waals surface area contributed by atoms with Crippen LogP contribution < -0.4 is 5.32 Å². The summed E-state index contributed by atoms with van der Waals surface area (Å²) in [7, 11) is 0. The number of esters is 1. The number of hydrogen-bond acceptors (Lipinski definition) is 5. The van der Waals surface area contributed by atoms with Crippen LogP contribution in [0.1, 0.15) is 28.0 Å². The van der Waals surface area contributed by atoms with Crippen LogP contribution in [0, 0.1) is 6.92 Å². The lowest BCUT2D eigenvalue weighted by atomic mass is 10.2. The van der Waals surface area contributed by atoms with E-state index in [9.17, 15) is 4.79 Å². The lowest BCUT2D eigenvalue weighted by molar-refractivity contribution is 0.0526. The lowest BCUT2D eigenvalue weighted by Gasteiger charge is -2.06. The van der Waals surface area contributed by atoms with Gasteiger partial charge < -0.3 is 10.1 Å². The molecule has 100 valence electrons. The van der Waals surface area contributed by atoms with Crippen LogP contribution in [-0.4, -0.2) is 17.6 Å². The summed E-state index contributed by atoms with van der Waals surface area (Å²) in [5.41, 5.74) is 2.55. The molecule has 2 rings (SSSR count). The Hall–Kier alpha value is -1.88. The van der Waals surface area contributed by atoms with E-state index in [4.69, 9.17) is 4.74 Å². The summed E-state index contributed by atoms with van der Waals surface area (Å²) >= 11 is 1.64. The third kappa shape index (κ3) is 3.79. The van der Waals surface area contributed by atoms with Crippen LogP contribution in [0.25, 0.3) is 0 Å². The Balaban J connectivity index is 1.93. The topological polar surface area (TPSA) is 51.2 Å². The molecular weight excluding hydrogens is 260 g/mol. The minimum absolute atomic E-state index is 0.288. The molecule has 4 nitrogen and oxygen atoms in total. The predicted octanol–water partition coefficient (Wildman–Crippen LogP) is 3.24. The smallest absolute Gasteiger partial charge is 0.338 e. The molecule has 2 aromatic rings. The predicted molar refractivity (Wildman–Crippen MR) is 76.6 cm³/mol. The minimum atomic E-state index is -0.288. The Kier molecular flexibility index (Phi) is 4.52. The highest BCUT2D eigenvalue weighted by Gasteiger charge is 2.05. The SMILES string of the molecule is CCOC(=O)c1ccc(NCc2csc(C)n2)cc1. The average molecular weight is 276 g/mol. The van der Waals surface area contributed by atoms with E-state index in [1.165, 1.54) is 0 Å². The van der Waals surface area contributed by atoms with Crippen LogP contribution in [0.3, 0.4) is 0 Å². The van der Waals surface area contributed by atoms with Crippen molar-refractivity contribution in [3.8, 4) is 0 Å². The number of carbonyl (C=O) groups excluding carboxylic acids is 1. The molecule has 0 unspecified atom stereocenters. The number of anilines is 1. The molecule has 0 spiro atoms. The van der Waals surface area contributed by atoms with Gasteiger partial charge in [-0.25, -0.2) is 9.78 Å². The molecule has 1 aromatic heterocycles. The monoisotopic (exact) mass is 276 g/mol. The molecule has 1 heterocycles. The molecule has 0 aliphatic heterocycles. The number of rotatable bonds is 5. The molecule has 0 aliphatic rings. The van der Waals surface area contributed by atoms with Crippen molar-refractivity contribution in [1.29, 1.82) is 0 Å². The number of thiazole rings is 1. The first kappa shape index (κ1) is 13.5. The van der Waals surface area contributed by atoms with Gasteiger partial charge in [-0.05, 0) is 38.1 Å². The molecule has 0 amide bonds. The Morgan fingerprint density at radius 3 is 2.68 bits per heavy atom. The van der Waals surface area contributed by atoms with Crippen LogP contribution >= 0.6 is 11.3 Å². The second-order valence-corrected chi connectivity index (χ2v) is 5.07. The number of ether oxygens (including phenoxy) is 1. The molecular formula is C14H16N2O2S. The number of benzene rings is 1. The highest BCUT2D eigenvalue weighted by molar-refractivity contribution is 7.09. The van der Waals surface area contributed by atoms with Gasteiger partial charge in [0.1, 0.15) is 0 Å². The van der Waals surface area contributed by atoms with E-state index in [1.54, 1.807) is 30.4 Å². The van der Waals surface area contributed by atoms with Gasteiger partial charge in [0.05, 0.1) is 29.4 Å². The first-order valence-electron chi connectivity index (χ1n) is 6.11. The molecule has 1 N–H and O–H groups in total. The van der Waals surface area contributed by atoms with Crippen LogP contribution in [0.5, 0.6) is 0 Å². The van der Waals surface area contributed by atoms with Crippen LogP contribution in [-0.2, 0) is 11.3 Å². The summed E-state index contributed by atoms with van der Waals surface area (Å²) in [6, 6.07) is 7.25. The summed E-state index contributed by atoms with van der Waals surface area (Å²) in [5, 5.41) is 6.37. The van der Waals surface area contributed by atoms with Gasteiger partial charge in [0, 0.05) is 11.1 Å². The van der Waals surface area contributed by atoms with Gasteiger partial charge >= 0.3 is 5.97 Å². The molecule has 0 aliphatic carbocycles. The quantitative estimate of drug-likeness (QED) is 0.852. The number of carbonyl (C=O) groups is 1. The van der Waals surface area contributed by atoms with Crippen molar-refractivity contribution in [3.63, 3.8) is 0 Å². The van der Waals surface area contributed by atoms with Gasteiger partial charge in [0.2, 0.25) is 0 Å². The lowest BCUT2D eigenvalue weighted by Crippen LogP contribution is -2.05. The fraction of sp³-hybridized carbons (Fsp3) is 0.286. The van der Waals surface area contributed by atoms with Gasteiger partial charge in [-0.3, -0.25) is 0 Å². The molecule has 0 bridgehead atoms. The second kappa shape index (κ2) is 6.33. The fourth-order valence-electron chi connectivity index (χ4n) is 1.62. The van der Waals surface area contributed by atoms with Crippen molar-refractivity contribution < 1.29 is 9.53 Å². The van der Waals surface area contributed by atoms with Crippen molar-refractivity contribution in [3.05, 3.63) is 45.9 Å². The summed E-state index contributed by atoms with van der Waals surface area (Å²) < 4.78 is 4.93. The normalized spacial score (nSPS) is 10.2. The maximum Gasteiger partial charge on any atom is 0.338 e. The van der Waals surface area contributed by atoms with Crippen LogP contribution in [0.4, 0.5) is 5.69 Å². The van der Waals surface area contributed by atoms with E-state index in [-0.39, 0.29) is 5.97 Å². The van der Waals surface area contributed by atoms with Crippen molar-refractivity contribution >= 4 is 23.0 Å². The highest BCUT2D eigenvalue weighted by atomic mass is 32.1. The second-order valence-electron chi connectivity index (χ2n) is 4.01. The molecule has 5 heteroatoms. The minimum Gasteiger partial charge on any atom is -0.462 e. The van der Waals surface area contributed by atoms with E-state index in [0.717, 1.165) is 16.4 Å². The van der Waals surface area contributed by atoms with E-state index >= 15 is 0 Å². The summed E-state index contributed by atoms with van der Waals surface area (Å²) in [5.74, 6) is -0.288. The Bertz CT molecular complexity index is 549. The van der Waals surface area contributed by atoms with Gasteiger partial charge in [0.15, 0.2) is 0 Å². The summed E-state index contributed by atoms with van der Waals surface area (Å²) in [4.78, 5) is 15.9. The van der Waals surface area contributed by atoms with Crippen molar-refractivity contribution in [2.45, 2.75) is 20.4 Å². The Labute approximate surface area is 116 Å². The largest absolute Gasteiger partial charge is 0.462 e. The summed E-state index contributed by atoms with van der Waals surface area (Å²) in [6.45, 7) is 4.86. The Morgan fingerprint density at radius 2 is 2.11 bits per heavy atom. The van der Waals surface area contributed by atoms with E-state index in [2.05, 4.69) is 10.3 Å². The molecule has 19 heavy (non-hydrogen) atoms. The summed E-state index contributed by atoms with van der Waals surface area (Å²) in [6.07, 6.45) is 0. The number of nitrogens with one attached hydrogen (secondary N) is 1. The molecule has 0 atom stereocenters. The fourth-order valence-corrected chi connectivity index (χ4v) is 2.23. The first-order valence-corrected chi connectivity index (χ1v) is 6.99. The highest BCUT2D eigenvalue weighted by Crippen LogP contribution is 2.13. The average Bonchev–Trinajstić information content (AvgIpc) is 2.83. The number of nitrogens with zero attached hydrogens (tertiary/aromatic N) is 1. The molecule has 0 saturated carbocycles. The van der Waals surface area contributed by atoms with Gasteiger partial charge in [-0.1, -0.05) is 0 Å². The standard InChI is InChI=1S/C14H16N2O2S/c1-3-18-14(17)11-4-6-12(7-5-11)15-8-13-9-19-10(2)16-13/h4-7,9,15H,3,8H2,1-2H3. The van der Waals surface area contributed by atoms with E-state index < -0.39 is 0 Å². The number of hydrogen-bond donors (Lipinski definition) is 1. The van der Waals surface area contributed by atoms with Crippen molar-refractivity contribution in [2.24, 2.45) is 0 Å². The zero-order valence-corrected chi connectivity index (χ0v) is 11.8. The first-order chi connectivity index (χ1) is 9.19. The number of aromatic nitrogens is 1. The van der Waals surface area contributed by atoms with E-state index in [1.807, 2.05) is 24.4 Å². The molecule has 0 saturated heterocycles. The van der Waals surface area contributed by atoms with Gasteiger partial charge in [-0.15, -0.1) is 11.3 Å². The maximum absolute atomic E-state index is 11.5. The van der Waals surface area contributed by atoms with Gasteiger partial charge in [-0.2, -0.15) is 0 Å². The molecule has 0 radical (unpaired) electrons. The van der Waals surface area contributed by atoms with Crippen LogP contribution in [0.2, 0.25) is 0 Å². The molecule has 1 aromatic carbocycles. The maximum atomic E-state index is 11.5. The third-order valence-electron chi connectivity index (χ3n) is 2.54. The Morgan fingerprint density at radius 1 is 1.37 bits per heavy atom. The van der Waals surface area contributed by atoms with Crippen molar-refractivity contribution in [1.82, 2.24) is 4.98 Å². The van der Waals surface area contributed by atoms with Gasteiger partial charge in [0.25, 0.3) is 0 Å².